The Bertz CT molecular complexity index is 769. The predicted molar refractivity (Wildman–Crippen MR) is 80.6 cm³/mol. The van der Waals surface area contributed by atoms with E-state index in [4.69, 9.17) is 4.74 Å². The van der Waals surface area contributed by atoms with Crippen LogP contribution in [0.4, 0.5) is 5.69 Å². The fraction of sp³-hybridized carbons (Fsp3) is 0.200. The highest BCUT2D eigenvalue weighted by atomic mass is 16.5. The fourth-order valence-corrected chi connectivity index (χ4v) is 2.32. The molecule has 3 aromatic rings. The molecule has 0 aliphatic carbocycles. The smallest absolute Gasteiger partial charge is 0.167 e. The van der Waals surface area contributed by atoms with Gasteiger partial charge in [0.05, 0.1) is 42.3 Å². The molecule has 0 saturated heterocycles. The average molecular weight is 284 g/mol. The first-order valence-electron chi connectivity index (χ1n) is 6.57. The first-order chi connectivity index (χ1) is 10.2. The monoisotopic (exact) mass is 284 g/mol. The number of nitrogens with one attached hydrogen (secondary N) is 2. The number of rotatable bonds is 4. The van der Waals surface area contributed by atoms with Gasteiger partial charge < -0.3 is 20.1 Å². The van der Waals surface area contributed by atoms with Gasteiger partial charge in [0.2, 0.25) is 0 Å². The van der Waals surface area contributed by atoms with Crippen LogP contribution in [-0.2, 0) is 6.54 Å². The minimum Gasteiger partial charge on any atom is -0.504 e. The first kappa shape index (κ1) is 13.2. The number of hydrogen-bond donors (Lipinski definition) is 3. The van der Waals surface area contributed by atoms with Crippen molar-refractivity contribution in [1.82, 2.24) is 15.0 Å². The van der Waals surface area contributed by atoms with E-state index >= 15 is 0 Å². The molecule has 0 aliphatic heterocycles. The zero-order chi connectivity index (χ0) is 14.8. The van der Waals surface area contributed by atoms with E-state index in [-0.39, 0.29) is 5.75 Å². The number of aryl methyl sites for hydroxylation is 1. The second-order valence-electron chi connectivity index (χ2n) is 4.74. The summed E-state index contributed by atoms with van der Waals surface area (Å²) in [6, 6.07) is 3.61. The minimum absolute atomic E-state index is 0.114. The van der Waals surface area contributed by atoms with Gasteiger partial charge in [-0.15, -0.1) is 0 Å². The van der Waals surface area contributed by atoms with Crippen LogP contribution >= 0.6 is 0 Å². The van der Waals surface area contributed by atoms with Gasteiger partial charge in [-0.05, 0) is 18.6 Å². The molecule has 0 spiro atoms. The maximum Gasteiger partial charge on any atom is 0.167 e. The normalized spacial score (nSPS) is 10.8. The van der Waals surface area contributed by atoms with Crippen LogP contribution in [0.5, 0.6) is 11.5 Å². The zero-order valence-electron chi connectivity index (χ0n) is 11.8. The number of aromatic amines is 1. The van der Waals surface area contributed by atoms with E-state index in [1.54, 1.807) is 18.6 Å². The third kappa shape index (κ3) is 2.35. The summed E-state index contributed by atoms with van der Waals surface area (Å²) in [5, 5.41) is 14.3. The van der Waals surface area contributed by atoms with Crippen molar-refractivity contribution in [3.05, 3.63) is 42.1 Å². The Morgan fingerprint density at radius 1 is 1.38 bits per heavy atom. The molecule has 0 fully saturated rings. The molecule has 0 saturated carbocycles. The molecule has 0 bridgehead atoms. The summed E-state index contributed by atoms with van der Waals surface area (Å²) in [5.74, 6) is 0.534. The lowest BCUT2D eigenvalue weighted by molar-refractivity contribution is 0.376. The second kappa shape index (κ2) is 5.32. The fourth-order valence-electron chi connectivity index (χ4n) is 2.32. The molecular formula is C15H16N4O2. The number of aromatic nitrogens is 3. The summed E-state index contributed by atoms with van der Waals surface area (Å²) in [5.41, 5.74) is 3.34. The van der Waals surface area contributed by atoms with Crippen LogP contribution in [0.25, 0.3) is 10.9 Å². The van der Waals surface area contributed by atoms with Crippen molar-refractivity contribution >= 4 is 16.6 Å². The average Bonchev–Trinajstić information content (AvgIpc) is 3.00. The lowest BCUT2D eigenvalue weighted by atomic mass is 10.1. The lowest BCUT2D eigenvalue weighted by Crippen LogP contribution is -2.02. The molecular weight excluding hydrogens is 268 g/mol. The summed E-state index contributed by atoms with van der Waals surface area (Å²) in [7, 11) is 1.53. The second-order valence-corrected chi connectivity index (χ2v) is 4.74. The van der Waals surface area contributed by atoms with Gasteiger partial charge in [0, 0.05) is 18.5 Å². The molecule has 21 heavy (non-hydrogen) atoms. The number of imidazole rings is 1. The van der Waals surface area contributed by atoms with Gasteiger partial charge in [-0.3, -0.25) is 4.98 Å². The van der Waals surface area contributed by atoms with Crippen LogP contribution < -0.4 is 10.1 Å². The number of pyridine rings is 1. The molecule has 0 amide bonds. The van der Waals surface area contributed by atoms with Gasteiger partial charge in [-0.25, -0.2) is 4.98 Å². The molecule has 0 radical (unpaired) electrons. The Morgan fingerprint density at radius 2 is 2.24 bits per heavy atom. The van der Waals surface area contributed by atoms with Crippen LogP contribution in [0.15, 0.2) is 30.9 Å². The maximum absolute atomic E-state index is 10.3. The summed E-state index contributed by atoms with van der Waals surface area (Å²) < 4.78 is 5.25. The van der Waals surface area contributed by atoms with E-state index < -0.39 is 0 Å². The Labute approximate surface area is 121 Å². The molecule has 108 valence electrons. The zero-order valence-corrected chi connectivity index (χ0v) is 11.8. The highest BCUT2D eigenvalue weighted by Crippen LogP contribution is 2.40. The van der Waals surface area contributed by atoms with Crippen LogP contribution in [-0.4, -0.2) is 27.2 Å². The number of ether oxygens (including phenoxy) is 1. The third-order valence-electron chi connectivity index (χ3n) is 3.39. The molecule has 2 aromatic heterocycles. The van der Waals surface area contributed by atoms with Crippen molar-refractivity contribution in [1.29, 1.82) is 0 Å². The van der Waals surface area contributed by atoms with E-state index in [0.29, 0.717) is 23.2 Å². The number of methoxy groups -OCH3 is 1. The maximum atomic E-state index is 10.3. The number of anilines is 1. The van der Waals surface area contributed by atoms with E-state index in [1.165, 1.54) is 7.11 Å². The van der Waals surface area contributed by atoms with Gasteiger partial charge in [0.1, 0.15) is 0 Å². The highest BCUT2D eigenvalue weighted by molar-refractivity contribution is 5.98. The summed E-state index contributed by atoms with van der Waals surface area (Å²) in [4.78, 5) is 11.5. The highest BCUT2D eigenvalue weighted by Gasteiger charge is 2.14. The number of fused-ring (bicyclic) bond motifs is 1. The van der Waals surface area contributed by atoms with E-state index in [2.05, 4.69) is 20.3 Å². The van der Waals surface area contributed by atoms with E-state index in [1.807, 2.05) is 19.2 Å². The molecule has 6 heteroatoms. The van der Waals surface area contributed by atoms with Crippen LogP contribution in [0.2, 0.25) is 0 Å². The minimum atomic E-state index is 0.114. The molecule has 6 nitrogen and oxygen atoms in total. The third-order valence-corrected chi connectivity index (χ3v) is 3.39. The largest absolute Gasteiger partial charge is 0.504 e. The summed E-state index contributed by atoms with van der Waals surface area (Å²) >= 11 is 0. The molecule has 0 aliphatic rings. The number of phenols is 1. The van der Waals surface area contributed by atoms with Crippen molar-refractivity contribution in [3.63, 3.8) is 0 Å². The predicted octanol–water partition coefficient (Wildman–Crippen LogP) is 2.59. The number of benzene rings is 1. The summed E-state index contributed by atoms with van der Waals surface area (Å²) in [6.45, 7) is 2.49. The first-order valence-corrected chi connectivity index (χ1v) is 6.57. The van der Waals surface area contributed by atoms with Crippen LogP contribution in [0.1, 0.15) is 11.3 Å². The molecule has 3 N–H and O–H groups in total. The SMILES string of the molecule is COc1cc(NCc2c[nH]cn2)c2nccc(C)c2c1O. The van der Waals surface area contributed by atoms with Crippen molar-refractivity contribution in [2.24, 2.45) is 0 Å². The number of nitrogens with zero attached hydrogens (tertiary/aromatic N) is 2. The van der Waals surface area contributed by atoms with Crippen LogP contribution in [0.3, 0.4) is 0 Å². The van der Waals surface area contributed by atoms with Gasteiger partial charge in [0.15, 0.2) is 11.5 Å². The molecule has 2 heterocycles. The summed E-state index contributed by atoms with van der Waals surface area (Å²) in [6.07, 6.45) is 5.18. The van der Waals surface area contributed by atoms with Gasteiger partial charge in [-0.1, -0.05) is 0 Å². The Hall–Kier alpha value is -2.76. The quantitative estimate of drug-likeness (QED) is 0.641. The standard InChI is InChI=1S/C15H16N4O2/c1-9-3-4-17-14-11(18-7-10-6-16-8-19-10)5-12(21-2)15(20)13(9)14/h3-6,8,18,20H,7H2,1-2H3,(H,16,19). The topological polar surface area (TPSA) is 83.1 Å². The van der Waals surface area contributed by atoms with Crippen molar-refractivity contribution in [3.8, 4) is 11.5 Å². The van der Waals surface area contributed by atoms with Crippen molar-refractivity contribution in [2.75, 3.05) is 12.4 Å². The lowest BCUT2D eigenvalue weighted by Gasteiger charge is -2.14. The molecule has 3 rings (SSSR count). The van der Waals surface area contributed by atoms with E-state index in [9.17, 15) is 5.11 Å². The molecule has 0 atom stereocenters. The van der Waals surface area contributed by atoms with Crippen LogP contribution in [0, 0.1) is 6.92 Å². The Morgan fingerprint density at radius 3 is 2.95 bits per heavy atom. The van der Waals surface area contributed by atoms with E-state index in [0.717, 1.165) is 16.9 Å². The van der Waals surface area contributed by atoms with Crippen molar-refractivity contribution in [2.45, 2.75) is 13.5 Å². The molecule has 0 unspecified atom stereocenters. The van der Waals surface area contributed by atoms with Gasteiger partial charge >= 0.3 is 0 Å². The Balaban J connectivity index is 2.08. The Kier molecular flexibility index (Phi) is 3.35. The number of hydrogen-bond acceptors (Lipinski definition) is 5. The van der Waals surface area contributed by atoms with Gasteiger partial charge in [0.25, 0.3) is 0 Å². The number of aromatic hydroxyl groups is 1. The van der Waals surface area contributed by atoms with Gasteiger partial charge in [-0.2, -0.15) is 0 Å². The molecule has 1 aromatic carbocycles. The number of phenolic OH excluding ortho intramolecular Hbond substituents is 1. The van der Waals surface area contributed by atoms with Crippen molar-refractivity contribution < 1.29 is 9.84 Å². The number of H-pyrrole nitrogens is 1.